The standard InChI is InChI=1S/C13H15N3O4S/c1-19-9-3-4-12(20-2)11(7-9)16-21(17,18)10-5-6-15-13(14)8-10/h3-8,16H,1-2H3,(H2,14,15). The van der Waals surface area contributed by atoms with Crippen molar-refractivity contribution in [2.24, 2.45) is 0 Å². The number of pyridine rings is 1. The van der Waals surface area contributed by atoms with Crippen LogP contribution in [0.3, 0.4) is 0 Å². The number of anilines is 2. The van der Waals surface area contributed by atoms with Crippen molar-refractivity contribution >= 4 is 21.5 Å². The molecular formula is C13H15N3O4S. The number of nitrogen functional groups attached to an aromatic ring is 1. The Morgan fingerprint density at radius 1 is 1.14 bits per heavy atom. The second kappa shape index (κ2) is 5.88. The Labute approximate surface area is 122 Å². The largest absolute Gasteiger partial charge is 0.497 e. The minimum atomic E-state index is -3.80. The third kappa shape index (κ3) is 3.34. The first-order chi connectivity index (χ1) is 9.96. The predicted molar refractivity (Wildman–Crippen MR) is 79.0 cm³/mol. The maximum absolute atomic E-state index is 12.3. The van der Waals surface area contributed by atoms with Gasteiger partial charge in [0.1, 0.15) is 17.3 Å². The number of hydrogen-bond donors (Lipinski definition) is 2. The molecule has 8 heteroatoms. The Hall–Kier alpha value is -2.48. The lowest BCUT2D eigenvalue weighted by molar-refractivity contribution is 0.405. The fourth-order valence-corrected chi connectivity index (χ4v) is 2.78. The number of aromatic nitrogens is 1. The zero-order chi connectivity index (χ0) is 15.5. The monoisotopic (exact) mass is 309 g/mol. The molecule has 1 aromatic heterocycles. The number of nitrogens with one attached hydrogen (secondary N) is 1. The fourth-order valence-electron chi connectivity index (χ4n) is 1.69. The molecule has 0 amide bonds. The van der Waals surface area contributed by atoms with Crippen molar-refractivity contribution in [1.29, 1.82) is 0 Å². The van der Waals surface area contributed by atoms with Crippen molar-refractivity contribution in [3.63, 3.8) is 0 Å². The van der Waals surface area contributed by atoms with E-state index < -0.39 is 10.0 Å². The Morgan fingerprint density at radius 3 is 2.52 bits per heavy atom. The van der Waals surface area contributed by atoms with Gasteiger partial charge >= 0.3 is 0 Å². The zero-order valence-electron chi connectivity index (χ0n) is 11.5. The first-order valence-electron chi connectivity index (χ1n) is 5.92. The molecule has 112 valence electrons. The van der Waals surface area contributed by atoms with Gasteiger partial charge in [-0.2, -0.15) is 0 Å². The van der Waals surface area contributed by atoms with Crippen molar-refractivity contribution in [2.75, 3.05) is 24.7 Å². The predicted octanol–water partition coefficient (Wildman–Crippen LogP) is 1.48. The number of hydrogen-bond acceptors (Lipinski definition) is 6. The summed E-state index contributed by atoms with van der Waals surface area (Å²) in [6.07, 6.45) is 1.33. The zero-order valence-corrected chi connectivity index (χ0v) is 12.3. The first kappa shape index (κ1) is 14.9. The van der Waals surface area contributed by atoms with Crippen LogP contribution in [-0.2, 0) is 10.0 Å². The van der Waals surface area contributed by atoms with E-state index in [1.165, 1.54) is 38.6 Å². The number of methoxy groups -OCH3 is 2. The average molecular weight is 309 g/mol. The van der Waals surface area contributed by atoms with Crippen molar-refractivity contribution in [1.82, 2.24) is 4.98 Å². The highest BCUT2D eigenvalue weighted by Gasteiger charge is 2.17. The highest BCUT2D eigenvalue weighted by Crippen LogP contribution is 2.30. The lowest BCUT2D eigenvalue weighted by atomic mass is 10.3. The van der Waals surface area contributed by atoms with Gasteiger partial charge in [0.2, 0.25) is 0 Å². The van der Waals surface area contributed by atoms with Crippen LogP contribution in [0.1, 0.15) is 0 Å². The minimum Gasteiger partial charge on any atom is -0.497 e. The van der Waals surface area contributed by atoms with E-state index in [0.29, 0.717) is 11.5 Å². The van der Waals surface area contributed by atoms with Crippen LogP contribution >= 0.6 is 0 Å². The van der Waals surface area contributed by atoms with Gasteiger partial charge in [0.25, 0.3) is 10.0 Å². The Balaban J connectivity index is 2.40. The number of nitrogens with zero attached hydrogens (tertiary/aromatic N) is 1. The number of sulfonamides is 1. The molecule has 0 unspecified atom stereocenters. The molecule has 2 aromatic rings. The normalized spacial score (nSPS) is 11.0. The molecule has 0 atom stereocenters. The molecule has 2 rings (SSSR count). The lowest BCUT2D eigenvalue weighted by Gasteiger charge is -2.13. The molecule has 0 aliphatic heterocycles. The van der Waals surface area contributed by atoms with Crippen molar-refractivity contribution in [3.8, 4) is 11.5 Å². The van der Waals surface area contributed by atoms with Gasteiger partial charge in [-0.15, -0.1) is 0 Å². The van der Waals surface area contributed by atoms with Crippen LogP contribution in [0.25, 0.3) is 0 Å². The molecule has 21 heavy (non-hydrogen) atoms. The summed E-state index contributed by atoms with van der Waals surface area (Å²) in [5.41, 5.74) is 5.77. The van der Waals surface area contributed by atoms with E-state index in [-0.39, 0.29) is 16.4 Å². The fraction of sp³-hybridized carbons (Fsp3) is 0.154. The van der Waals surface area contributed by atoms with Crippen LogP contribution in [-0.4, -0.2) is 27.6 Å². The van der Waals surface area contributed by atoms with E-state index in [2.05, 4.69) is 9.71 Å². The summed E-state index contributed by atoms with van der Waals surface area (Å²) in [7, 11) is -0.861. The summed E-state index contributed by atoms with van der Waals surface area (Å²) >= 11 is 0. The summed E-state index contributed by atoms with van der Waals surface area (Å²) in [6.45, 7) is 0. The van der Waals surface area contributed by atoms with Crippen molar-refractivity contribution in [3.05, 3.63) is 36.5 Å². The summed E-state index contributed by atoms with van der Waals surface area (Å²) in [5, 5.41) is 0. The highest BCUT2D eigenvalue weighted by atomic mass is 32.2. The summed E-state index contributed by atoms with van der Waals surface area (Å²) in [5.74, 6) is 1.000. The second-order valence-electron chi connectivity index (χ2n) is 4.09. The number of nitrogens with two attached hydrogens (primary N) is 1. The maximum Gasteiger partial charge on any atom is 0.262 e. The Kier molecular flexibility index (Phi) is 4.18. The summed E-state index contributed by atoms with van der Waals surface area (Å²) < 4.78 is 37.3. The summed E-state index contributed by atoms with van der Waals surface area (Å²) in [6, 6.07) is 7.43. The van der Waals surface area contributed by atoms with E-state index >= 15 is 0 Å². The van der Waals surface area contributed by atoms with Gasteiger partial charge in [0.05, 0.1) is 24.8 Å². The van der Waals surface area contributed by atoms with Crippen LogP contribution < -0.4 is 19.9 Å². The van der Waals surface area contributed by atoms with Gasteiger partial charge in [-0.1, -0.05) is 0 Å². The lowest BCUT2D eigenvalue weighted by Crippen LogP contribution is -2.14. The van der Waals surface area contributed by atoms with E-state index in [9.17, 15) is 8.42 Å². The first-order valence-corrected chi connectivity index (χ1v) is 7.41. The third-order valence-corrected chi connectivity index (χ3v) is 4.08. The van der Waals surface area contributed by atoms with E-state index in [1.807, 2.05) is 0 Å². The van der Waals surface area contributed by atoms with Crippen molar-refractivity contribution in [2.45, 2.75) is 4.90 Å². The van der Waals surface area contributed by atoms with E-state index in [4.69, 9.17) is 15.2 Å². The SMILES string of the molecule is COc1ccc(OC)c(NS(=O)(=O)c2ccnc(N)c2)c1. The average Bonchev–Trinajstić information content (AvgIpc) is 2.46. The quantitative estimate of drug-likeness (QED) is 0.867. The van der Waals surface area contributed by atoms with Gasteiger partial charge in [0.15, 0.2) is 0 Å². The van der Waals surface area contributed by atoms with Gasteiger partial charge in [-0.3, -0.25) is 4.72 Å². The molecule has 0 aliphatic carbocycles. The third-order valence-electron chi connectivity index (χ3n) is 2.71. The molecule has 0 saturated carbocycles. The van der Waals surface area contributed by atoms with Crippen LogP contribution in [0.4, 0.5) is 11.5 Å². The van der Waals surface area contributed by atoms with Gasteiger partial charge in [-0.25, -0.2) is 13.4 Å². The second-order valence-corrected chi connectivity index (χ2v) is 5.77. The molecule has 1 heterocycles. The Morgan fingerprint density at radius 2 is 1.90 bits per heavy atom. The van der Waals surface area contributed by atoms with Crippen LogP contribution in [0.15, 0.2) is 41.4 Å². The summed E-state index contributed by atoms with van der Waals surface area (Å²) in [4.78, 5) is 3.78. The molecule has 1 aromatic carbocycles. The number of benzene rings is 1. The molecular weight excluding hydrogens is 294 g/mol. The van der Waals surface area contributed by atoms with Gasteiger partial charge in [0, 0.05) is 18.3 Å². The molecule has 7 nitrogen and oxygen atoms in total. The van der Waals surface area contributed by atoms with Crippen LogP contribution in [0, 0.1) is 0 Å². The van der Waals surface area contributed by atoms with Gasteiger partial charge < -0.3 is 15.2 Å². The van der Waals surface area contributed by atoms with Gasteiger partial charge in [-0.05, 0) is 18.2 Å². The minimum absolute atomic E-state index is 0.0138. The van der Waals surface area contributed by atoms with E-state index in [1.54, 1.807) is 12.1 Å². The van der Waals surface area contributed by atoms with Crippen molar-refractivity contribution < 1.29 is 17.9 Å². The van der Waals surface area contributed by atoms with E-state index in [0.717, 1.165) is 0 Å². The molecule has 0 bridgehead atoms. The smallest absolute Gasteiger partial charge is 0.262 e. The molecule has 0 fully saturated rings. The maximum atomic E-state index is 12.3. The Bertz CT molecular complexity index is 747. The van der Waals surface area contributed by atoms with Crippen LogP contribution in [0.5, 0.6) is 11.5 Å². The molecule has 0 radical (unpaired) electrons. The molecule has 0 saturated heterocycles. The molecule has 3 N–H and O–H groups in total. The topological polar surface area (TPSA) is 104 Å². The molecule has 0 spiro atoms. The highest BCUT2D eigenvalue weighted by molar-refractivity contribution is 7.92. The number of rotatable bonds is 5. The number of ether oxygens (including phenoxy) is 2. The molecule has 0 aliphatic rings. The van der Waals surface area contributed by atoms with Crippen LogP contribution in [0.2, 0.25) is 0 Å².